The van der Waals surface area contributed by atoms with E-state index in [4.69, 9.17) is 16.3 Å². The van der Waals surface area contributed by atoms with Crippen LogP contribution in [0.3, 0.4) is 0 Å². The van der Waals surface area contributed by atoms with Crippen molar-refractivity contribution in [2.75, 3.05) is 19.7 Å². The number of hydrogen-bond acceptors (Lipinski definition) is 3. The SMILES string of the molecule is CCNC(=O)COc1ccc(Cl)cc1CNCC(C)C. The van der Waals surface area contributed by atoms with Crippen molar-refractivity contribution >= 4 is 17.5 Å². The third-order valence-electron chi connectivity index (χ3n) is 2.62. The number of likely N-dealkylation sites (N-methyl/N-ethyl adjacent to an activating group) is 1. The Kier molecular flexibility index (Phi) is 7.41. The van der Waals surface area contributed by atoms with Crippen LogP contribution in [0.25, 0.3) is 0 Å². The van der Waals surface area contributed by atoms with E-state index < -0.39 is 0 Å². The molecule has 0 atom stereocenters. The maximum absolute atomic E-state index is 11.4. The molecule has 1 aromatic rings. The molecule has 0 heterocycles. The summed E-state index contributed by atoms with van der Waals surface area (Å²) in [5, 5.41) is 6.71. The lowest BCUT2D eigenvalue weighted by Gasteiger charge is -2.13. The van der Waals surface area contributed by atoms with E-state index in [1.807, 2.05) is 13.0 Å². The molecule has 0 saturated carbocycles. The van der Waals surface area contributed by atoms with Crippen LogP contribution in [0.1, 0.15) is 26.3 Å². The van der Waals surface area contributed by atoms with Crippen molar-refractivity contribution in [2.45, 2.75) is 27.3 Å². The predicted molar refractivity (Wildman–Crippen MR) is 82.2 cm³/mol. The van der Waals surface area contributed by atoms with E-state index in [0.29, 0.717) is 29.8 Å². The first-order chi connectivity index (χ1) is 9.52. The molecule has 0 aromatic heterocycles. The highest BCUT2D eigenvalue weighted by Crippen LogP contribution is 2.22. The van der Waals surface area contributed by atoms with Gasteiger partial charge in [0.1, 0.15) is 5.75 Å². The number of halogens is 1. The molecule has 0 saturated heterocycles. The van der Waals surface area contributed by atoms with Gasteiger partial charge in [0.15, 0.2) is 6.61 Å². The lowest BCUT2D eigenvalue weighted by Crippen LogP contribution is -2.28. The zero-order valence-corrected chi connectivity index (χ0v) is 13.1. The molecule has 4 nitrogen and oxygen atoms in total. The molecule has 1 amide bonds. The quantitative estimate of drug-likeness (QED) is 0.775. The largest absolute Gasteiger partial charge is 0.483 e. The predicted octanol–water partition coefficient (Wildman–Crippen LogP) is 2.60. The molecular formula is C15H23ClN2O2. The van der Waals surface area contributed by atoms with Gasteiger partial charge in [-0.15, -0.1) is 0 Å². The summed E-state index contributed by atoms with van der Waals surface area (Å²) in [6.45, 7) is 8.39. The highest BCUT2D eigenvalue weighted by atomic mass is 35.5. The molecule has 0 bridgehead atoms. The van der Waals surface area contributed by atoms with Crippen LogP contribution in [0.5, 0.6) is 5.75 Å². The molecule has 5 heteroatoms. The second-order valence-corrected chi connectivity index (χ2v) is 5.46. The number of carbonyl (C=O) groups is 1. The lowest BCUT2D eigenvalue weighted by molar-refractivity contribution is -0.122. The van der Waals surface area contributed by atoms with Gasteiger partial charge in [0.2, 0.25) is 0 Å². The average Bonchev–Trinajstić information content (AvgIpc) is 2.37. The Bertz CT molecular complexity index is 436. The van der Waals surface area contributed by atoms with Crippen molar-refractivity contribution in [3.63, 3.8) is 0 Å². The zero-order chi connectivity index (χ0) is 15.0. The fourth-order valence-electron chi connectivity index (χ4n) is 1.71. The number of hydrogen-bond donors (Lipinski definition) is 2. The number of benzene rings is 1. The van der Waals surface area contributed by atoms with Crippen molar-refractivity contribution in [1.29, 1.82) is 0 Å². The Balaban J connectivity index is 2.62. The summed E-state index contributed by atoms with van der Waals surface area (Å²) < 4.78 is 5.55. The summed E-state index contributed by atoms with van der Waals surface area (Å²) in [5.74, 6) is 1.15. The molecule has 0 spiro atoms. The van der Waals surface area contributed by atoms with Gasteiger partial charge in [-0.3, -0.25) is 4.79 Å². The first-order valence-electron chi connectivity index (χ1n) is 6.91. The lowest BCUT2D eigenvalue weighted by atomic mass is 10.2. The second-order valence-electron chi connectivity index (χ2n) is 5.02. The maximum atomic E-state index is 11.4. The van der Waals surface area contributed by atoms with Crippen LogP contribution in [0, 0.1) is 5.92 Å². The molecule has 0 radical (unpaired) electrons. The highest BCUT2D eigenvalue weighted by Gasteiger charge is 2.07. The van der Waals surface area contributed by atoms with Crippen molar-refractivity contribution in [3.8, 4) is 5.75 Å². The molecular weight excluding hydrogens is 276 g/mol. The highest BCUT2D eigenvalue weighted by molar-refractivity contribution is 6.30. The van der Waals surface area contributed by atoms with E-state index >= 15 is 0 Å². The number of rotatable bonds is 8. The van der Waals surface area contributed by atoms with Gasteiger partial charge in [-0.25, -0.2) is 0 Å². The van der Waals surface area contributed by atoms with Crippen molar-refractivity contribution in [3.05, 3.63) is 28.8 Å². The Morgan fingerprint density at radius 3 is 2.80 bits per heavy atom. The molecule has 0 aliphatic carbocycles. The molecule has 1 rings (SSSR count). The molecule has 20 heavy (non-hydrogen) atoms. The Hall–Kier alpha value is -1.26. The first kappa shape index (κ1) is 16.8. The van der Waals surface area contributed by atoms with E-state index in [1.54, 1.807) is 12.1 Å². The van der Waals surface area contributed by atoms with Gasteiger partial charge in [0.25, 0.3) is 5.91 Å². The van der Waals surface area contributed by atoms with Crippen LogP contribution in [-0.2, 0) is 11.3 Å². The fraction of sp³-hybridized carbons (Fsp3) is 0.533. The van der Waals surface area contributed by atoms with Gasteiger partial charge in [0.05, 0.1) is 0 Å². The third kappa shape index (κ3) is 6.26. The Labute approximate surface area is 125 Å². The van der Waals surface area contributed by atoms with Gasteiger partial charge < -0.3 is 15.4 Å². The molecule has 0 aliphatic rings. The zero-order valence-electron chi connectivity index (χ0n) is 12.3. The Morgan fingerprint density at radius 1 is 1.40 bits per heavy atom. The topological polar surface area (TPSA) is 50.4 Å². The first-order valence-corrected chi connectivity index (χ1v) is 7.29. The van der Waals surface area contributed by atoms with Crippen LogP contribution < -0.4 is 15.4 Å². The summed E-state index contributed by atoms with van der Waals surface area (Å²) in [5.41, 5.74) is 0.961. The summed E-state index contributed by atoms with van der Waals surface area (Å²) in [6.07, 6.45) is 0. The van der Waals surface area contributed by atoms with Gasteiger partial charge in [-0.2, -0.15) is 0 Å². The molecule has 2 N–H and O–H groups in total. The molecule has 0 aliphatic heterocycles. The second kappa shape index (κ2) is 8.82. The summed E-state index contributed by atoms with van der Waals surface area (Å²) in [6, 6.07) is 5.43. The average molecular weight is 299 g/mol. The van der Waals surface area contributed by atoms with E-state index in [2.05, 4.69) is 24.5 Å². The van der Waals surface area contributed by atoms with Crippen LogP contribution in [0.2, 0.25) is 5.02 Å². The van der Waals surface area contributed by atoms with Crippen molar-refractivity contribution in [2.24, 2.45) is 5.92 Å². The van der Waals surface area contributed by atoms with E-state index in [-0.39, 0.29) is 12.5 Å². The van der Waals surface area contributed by atoms with E-state index in [0.717, 1.165) is 12.1 Å². The fourth-order valence-corrected chi connectivity index (χ4v) is 1.91. The smallest absolute Gasteiger partial charge is 0.257 e. The van der Waals surface area contributed by atoms with Gasteiger partial charge in [0, 0.05) is 23.7 Å². The van der Waals surface area contributed by atoms with Gasteiger partial charge in [-0.1, -0.05) is 25.4 Å². The number of nitrogens with one attached hydrogen (secondary N) is 2. The number of amides is 1. The number of ether oxygens (including phenoxy) is 1. The minimum atomic E-state index is -0.122. The Morgan fingerprint density at radius 2 is 2.15 bits per heavy atom. The van der Waals surface area contributed by atoms with Crippen LogP contribution >= 0.6 is 11.6 Å². The maximum Gasteiger partial charge on any atom is 0.257 e. The minimum Gasteiger partial charge on any atom is -0.483 e. The monoisotopic (exact) mass is 298 g/mol. The van der Waals surface area contributed by atoms with E-state index in [1.165, 1.54) is 0 Å². The van der Waals surface area contributed by atoms with Crippen molar-refractivity contribution < 1.29 is 9.53 Å². The summed E-state index contributed by atoms with van der Waals surface area (Å²) >= 11 is 6.01. The van der Waals surface area contributed by atoms with Crippen molar-refractivity contribution in [1.82, 2.24) is 10.6 Å². The molecule has 1 aromatic carbocycles. The molecule has 112 valence electrons. The van der Waals surface area contributed by atoms with Crippen LogP contribution in [0.15, 0.2) is 18.2 Å². The van der Waals surface area contributed by atoms with Crippen LogP contribution in [-0.4, -0.2) is 25.6 Å². The molecule has 0 fully saturated rings. The van der Waals surface area contributed by atoms with E-state index in [9.17, 15) is 4.79 Å². The number of carbonyl (C=O) groups excluding carboxylic acids is 1. The minimum absolute atomic E-state index is 0.0205. The summed E-state index contributed by atoms with van der Waals surface area (Å²) in [7, 11) is 0. The normalized spacial score (nSPS) is 10.7. The molecule has 0 unspecified atom stereocenters. The summed E-state index contributed by atoms with van der Waals surface area (Å²) in [4.78, 5) is 11.4. The standard InChI is InChI=1S/C15H23ClN2O2/c1-4-18-15(19)10-20-14-6-5-13(16)7-12(14)9-17-8-11(2)3/h5-7,11,17H,4,8-10H2,1-3H3,(H,18,19). The van der Waals surface area contributed by atoms with Gasteiger partial charge >= 0.3 is 0 Å². The van der Waals surface area contributed by atoms with Crippen LogP contribution in [0.4, 0.5) is 0 Å². The third-order valence-corrected chi connectivity index (χ3v) is 2.86. The van der Waals surface area contributed by atoms with Gasteiger partial charge in [-0.05, 0) is 37.6 Å².